The van der Waals surface area contributed by atoms with E-state index < -0.39 is 0 Å². The van der Waals surface area contributed by atoms with Crippen molar-refractivity contribution in [2.75, 3.05) is 13.7 Å². The molecule has 2 aliphatic carbocycles. The molecule has 32 heavy (non-hydrogen) atoms. The summed E-state index contributed by atoms with van der Waals surface area (Å²) in [5, 5.41) is 5.11. The number of nitrogens with zero attached hydrogens (tertiary/aromatic N) is 3. The summed E-state index contributed by atoms with van der Waals surface area (Å²) in [7, 11) is 1.62. The number of aromatic nitrogens is 2. The monoisotopic (exact) mass is 435 g/mol. The number of ketones is 1. The second-order valence-electron chi connectivity index (χ2n) is 10.4. The number of Topliss-reactive ketones (excluding diaryl/α,β-unsaturated/α-hetero) is 1. The van der Waals surface area contributed by atoms with E-state index in [-0.39, 0.29) is 23.1 Å². The molecule has 6 heteroatoms. The van der Waals surface area contributed by atoms with Crippen LogP contribution < -0.4 is 4.74 Å². The molecule has 1 aromatic heterocycles. The number of ether oxygens (including phenoxy) is 1. The summed E-state index contributed by atoms with van der Waals surface area (Å²) in [5.41, 5.74) is 3.36. The van der Waals surface area contributed by atoms with Gasteiger partial charge in [-0.15, -0.1) is 0 Å². The maximum atomic E-state index is 13.4. The van der Waals surface area contributed by atoms with Crippen LogP contribution in [0.2, 0.25) is 0 Å². The topological polar surface area (TPSA) is 64.4 Å². The van der Waals surface area contributed by atoms with Crippen LogP contribution in [0.25, 0.3) is 0 Å². The molecule has 3 aliphatic rings. The van der Waals surface area contributed by atoms with Gasteiger partial charge in [0.05, 0.1) is 36.1 Å². The first-order chi connectivity index (χ1) is 15.4. The van der Waals surface area contributed by atoms with Gasteiger partial charge in [-0.3, -0.25) is 14.3 Å². The molecule has 0 radical (unpaired) electrons. The highest BCUT2D eigenvalue weighted by Gasteiger charge is 2.42. The fraction of sp³-hybridized carbons (Fsp3) is 0.577. The van der Waals surface area contributed by atoms with Gasteiger partial charge in [-0.2, -0.15) is 5.10 Å². The lowest BCUT2D eigenvalue weighted by atomic mass is 9.75. The predicted molar refractivity (Wildman–Crippen MR) is 122 cm³/mol. The first-order valence-electron chi connectivity index (χ1n) is 12.0. The van der Waals surface area contributed by atoms with Crippen molar-refractivity contribution in [3.8, 4) is 5.75 Å². The van der Waals surface area contributed by atoms with Crippen LogP contribution in [0, 0.1) is 5.41 Å². The first kappa shape index (κ1) is 21.2. The second-order valence-corrected chi connectivity index (χ2v) is 10.4. The summed E-state index contributed by atoms with van der Waals surface area (Å²) >= 11 is 0. The number of likely N-dealkylation sites (tertiary alicyclic amines) is 1. The molecule has 0 spiro atoms. The van der Waals surface area contributed by atoms with Crippen LogP contribution in [-0.4, -0.2) is 40.0 Å². The van der Waals surface area contributed by atoms with Crippen molar-refractivity contribution in [3.05, 3.63) is 46.8 Å². The van der Waals surface area contributed by atoms with E-state index in [2.05, 4.69) is 18.5 Å². The van der Waals surface area contributed by atoms with E-state index in [1.807, 2.05) is 29.2 Å². The molecule has 6 nitrogen and oxygen atoms in total. The maximum absolute atomic E-state index is 13.4. The minimum absolute atomic E-state index is 0.00269. The van der Waals surface area contributed by atoms with Gasteiger partial charge in [-0.05, 0) is 61.8 Å². The number of hydrogen-bond donors (Lipinski definition) is 0. The van der Waals surface area contributed by atoms with Crippen molar-refractivity contribution >= 4 is 11.7 Å². The van der Waals surface area contributed by atoms with E-state index in [1.54, 1.807) is 7.11 Å². The highest BCUT2D eigenvalue weighted by molar-refractivity contribution is 6.00. The molecule has 1 aliphatic heterocycles. The lowest BCUT2D eigenvalue weighted by Gasteiger charge is -2.31. The van der Waals surface area contributed by atoms with Crippen LogP contribution in [0.1, 0.15) is 103 Å². The summed E-state index contributed by atoms with van der Waals surface area (Å²) in [6.07, 6.45) is 7.89. The molecule has 5 rings (SSSR count). The first-order valence-corrected chi connectivity index (χ1v) is 12.0. The van der Waals surface area contributed by atoms with Crippen molar-refractivity contribution in [1.29, 1.82) is 0 Å². The molecule has 1 amide bonds. The van der Waals surface area contributed by atoms with Gasteiger partial charge in [0.2, 0.25) is 0 Å². The Hall–Kier alpha value is -2.63. The summed E-state index contributed by atoms with van der Waals surface area (Å²) in [6.45, 7) is 5.05. The zero-order valence-electron chi connectivity index (χ0n) is 19.4. The van der Waals surface area contributed by atoms with Crippen molar-refractivity contribution in [3.63, 3.8) is 0 Å². The number of rotatable bonds is 4. The summed E-state index contributed by atoms with van der Waals surface area (Å²) < 4.78 is 7.42. The zero-order valence-corrected chi connectivity index (χ0v) is 19.4. The third kappa shape index (κ3) is 3.63. The number of fused-ring (bicyclic) bond motifs is 1. The Balaban J connectivity index is 1.53. The van der Waals surface area contributed by atoms with E-state index in [1.165, 1.54) is 12.8 Å². The SMILES string of the molecule is COc1ccc(C(=O)N2CCC[C@H]2c2nn(C3CCCC3)c3c2C(=O)CC(C)(C)C3)cc1. The molecular formula is C26H33N3O3. The fourth-order valence-electron chi connectivity index (χ4n) is 5.88. The summed E-state index contributed by atoms with van der Waals surface area (Å²) in [5.74, 6) is 0.930. The molecular weight excluding hydrogens is 402 g/mol. The second kappa shape index (κ2) is 8.05. The van der Waals surface area contributed by atoms with Crippen LogP contribution >= 0.6 is 0 Å². The van der Waals surface area contributed by atoms with Crippen LogP contribution in [0.5, 0.6) is 5.75 Å². The van der Waals surface area contributed by atoms with Crippen molar-refractivity contribution in [1.82, 2.24) is 14.7 Å². The zero-order chi connectivity index (χ0) is 22.5. The molecule has 2 heterocycles. The standard InChI is InChI=1S/C26H33N3O3/c1-26(2)15-21-23(22(30)16-26)24(27-29(21)18-7-4-5-8-18)20-9-6-14-28(20)25(31)17-10-12-19(32-3)13-11-17/h10-13,18,20H,4-9,14-16H2,1-3H3/t20-/m0/s1. The Morgan fingerprint density at radius 3 is 2.47 bits per heavy atom. The number of benzene rings is 1. The number of hydrogen-bond acceptors (Lipinski definition) is 4. The van der Waals surface area contributed by atoms with Crippen molar-refractivity contribution in [2.45, 2.75) is 77.3 Å². The minimum atomic E-state index is -0.133. The smallest absolute Gasteiger partial charge is 0.254 e. The van der Waals surface area contributed by atoms with Gasteiger partial charge in [0.1, 0.15) is 5.75 Å². The number of carbonyl (C=O) groups is 2. The van der Waals surface area contributed by atoms with Gasteiger partial charge in [0.25, 0.3) is 5.91 Å². The highest BCUT2D eigenvalue weighted by Crippen LogP contribution is 2.44. The van der Waals surface area contributed by atoms with E-state index in [0.717, 1.165) is 54.8 Å². The van der Waals surface area contributed by atoms with E-state index in [0.29, 0.717) is 24.6 Å². The Labute approximate surface area is 189 Å². The average molecular weight is 436 g/mol. The van der Waals surface area contributed by atoms with Crippen molar-refractivity contribution < 1.29 is 14.3 Å². The van der Waals surface area contributed by atoms with Gasteiger partial charge in [-0.1, -0.05) is 26.7 Å². The summed E-state index contributed by atoms with van der Waals surface area (Å²) in [4.78, 5) is 28.7. The highest BCUT2D eigenvalue weighted by atomic mass is 16.5. The third-order valence-corrected chi connectivity index (χ3v) is 7.44. The maximum Gasteiger partial charge on any atom is 0.254 e. The molecule has 0 unspecified atom stereocenters. The Morgan fingerprint density at radius 2 is 1.78 bits per heavy atom. The lowest BCUT2D eigenvalue weighted by Crippen LogP contribution is -2.32. The molecule has 1 atom stereocenters. The van der Waals surface area contributed by atoms with Gasteiger partial charge in [-0.25, -0.2) is 0 Å². The number of carbonyl (C=O) groups excluding carboxylic acids is 2. The van der Waals surface area contributed by atoms with E-state index >= 15 is 0 Å². The van der Waals surface area contributed by atoms with Gasteiger partial charge in [0.15, 0.2) is 5.78 Å². The van der Waals surface area contributed by atoms with Crippen LogP contribution in [-0.2, 0) is 6.42 Å². The van der Waals surface area contributed by atoms with Crippen LogP contribution in [0.3, 0.4) is 0 Å². The average Bonchev–Trinajstić information content (AvgIpc) is 3.51. The van der Waals surface area contributed by atoms with Crippen molar-refractivity contribution in [2.24, 2.45) is 5.41 Å². The van der Waals surface area contributed by atoms with Crippen LogP contribution in [0.4, 0.5) is 0 Å². The molecule has 170 valence electrons. The van der Waals surface area contributed by atoms with Gasteiger partial charge >= 0.3 is 0 Å². The fourth-order valence-corrected chi connectivity index (χ4v) is 5.88. The largest absolute Gasteiger partial charge is 0.497 e. The number of amides is 1. The van der Waals surface area contributed by atoms with Crippen LogP contribution in [0.15, 0.2) is 24.3 Å². The molecule has 0 bridgehead atoms. The molecule has 2 aromatic rings. The molecule has 1 aromatic carbocycles. The third-order valence-electron chi connectivity index (χ3n) is 7.44. The Kier molecular flexibility index (Phi) is 5.34. The quantitative estimate of drug-likeness (QED) is 0.667. The molecule has 0 N–H and O–H groups in total. The molecule has 1 saturated heterocycles. The molecule has 2 fully saturated rings. The minimum Gasteiger partial charge on any atom is -0.497 e. The Morgan fingerprint density at radius 1 is 1.06 bits per heavy atom. The number of methoxy groups -OCH3 is 1. The van der Waals surface area contributed by atoms with Gasteiger partial charge in [0, 0.05) is 18.5 Å². The normalized spacial score (nSPS) is 22.9. The summed E-state index contributed by atoms with van der Waals surface area (Å²) in [6, 6.07) is 7.52. The van der Waals surface area contributed by atoms with Gasteiger partial charge < -0.3 is 9.64 Å². The van der Waals surface area contributed by atoms with E-state index in [4.69, 9.17) is 9.84 Å². The predicted octanol–water partition coefficient (Wildman–Crippen LogP) is 5.14. The molecule has 1 saturated carbocycles. The Bertz CT molecular complexity index is 1030. The lowest BCUT2D eigenvalue weighted by molar-refractivity contribution is 0.0728. The van der Waals surface area contributed by atoms with E-state index in [9.17, 15) is 9.59 Å².